The van der Waals surface area contributed by atoms with E-state index in [0.29, 0.717) is 18.9 Å². The number of benzene rings is 1. The van der Waals surface area contributed by atoms with Crippen molar-refractivity contribution in [2.24, 2.45) is 0 Å². The van der Waals surface area contributed by atoms with E-state index in [0.717, 1.165) is 17.7 Å². The van der Waals surface area contributed by atoms with Crippen molar-refractivity contribution in [3.63, 3.8) is 0 Å². The molecule has 2 rings (SSSR count). The zero-order valence-corrected chi connectivity index (χ0v) is 10.3. The molecule has 4 heteroatoms. The Kier molecular flexibility index (Phi) is 4.12. The van der Waals surface area contributed by atoms with Crippen LogP contribution in [0.5, 0.6) is 0 Å². The molecule has 18 heavy (non-hydrogen) atoms. The highest BCUT2D eigenvalue weighted by Gasteiger charge is 2.04. The van der Waals surface area contributed by atoms with Crippen LogP contribution < -0.4 is 5.32 Å². The average Bonchev–Trinajstić information content (AvgIpc) is 2.90. The Balaban J connectivity index is 1.93. The number of nitrogens with one attached hydrogen (secondary N) is 1. The second kappa shape index (κ2) is 6.00. The van der Waals surface area contributed by atoms with Gasteiger partial charge in [0.05, 0.1) is 12.7 Å². The summed E-state index contributed by atoms with van der Waals surface area (Å²) in [5, 5.41) is 3.18. The third-order valence-electron chi connectivity index (χ3n) is 2.61. The van der Waals surface area contributed by atoms with Gasteiger partial charge in [0.15, 0.2) is 5.78 Å². The molecule has 0 aliphatic carbocycles. The van der Waals surface area contributed by atoms with Gasteiger partial charge >= 0.3 is 0 Å². The molecule has 0 radical (unpaired) electrons. The fraction of sp³-hybridized carbons (Fsp3) is 0.286. The van der Waals surface area contributed by atoms with Crippen molar-refractivity contribution in [2.45, 2.75) is 26.3 Å². The predicted molar refractivity (Wildman–Crippen MR) is 69.5 cm³/mol. The minimum atomic E-state index is 0.191. The smallest absolute Gasteiger partial charge is 0.213 e. The first kappa shape index (κ1) is 12.4. The molecule has 0 spiro atoms. The summed E-state index contributed by atoms with van der Waals surface area (Å²) in [4.78, 5) is 15.7. The van der Waals surface area contributed by atoms with Crippen LogP contribution in [0, 0.1) is 0 Å². The summed E-state index contributed by atoms with van der Waals surface area (Å²) in [7, 11) is 0. The van der Waals surface area contributed by atoms with Crippen molar-refractivity contribution >= 4 is 11.5 Å². The highest BCUT2D eigenvalue weighted by atomic mass is 16.3. The van der Waals surface area contributed by atoms with Gasteiger partial charge in [-0.25, -0.2) is 4.98 Å². The largest absolute Gasteiger partial charge is 0.447 e. The van der Waals surface area contributed by atoms with Gasteiger partial charge in [-0.1, -0.05) is 6.92 Å². The standard InChI is InChI=1S/C14H16N2O2/c1-2-3-13(17)11-4-6-12(7-5-11)16-10-14-15-8-9-18-14/h4-9,16H,2-3,10H2,1H3. The lowest BCUT2D eigenvalue weighted by atomic mass is 10.1. The van der Waals surface area contributed by atoms with Gasteiger partial charge < -0.3 is 9.73 Å². The molecular formula is C14H16N2O2. The average molecular weight is 244 g/mol. The molecule has 0 saturated heterocycles. The first-order chi connectivity index (χ1) is 8.79. The normalized spacial score (nSPS) is 10.3. The SMILES string of the molecule is CCCC(=O)c1ccc(NCc2ncco2)cc1. The summed E-state index contributed by atoms with van der Waals surface area (Å²) in [5.41, 5.74) is 1.71. The molecule has 0 fully saturated rings. The molecule has 1 aromatic carbocycles. The van der Waals surface area contributed by atoms with Crippen LogP contribution in [0.15, 0.2) is 41.1 Å². The molecule has 0 amide bonds. The Morgan fingerprint density at radius 2 is 2.11 bits per heavy atom. The monoisotopic (exact) mass is 244 g/mol. The first-order valence-electron chi connectivity index (χ1n) is 6.05. The molecular weight excluding hydrogens is 228 g/mol. The van der Waals surface area contributed by atoms with E-state index < -0.39 is 0 Å². The lowest BCUT2D eigenvalue weighted by Gasteiger charge is -2.05. The summed E-state index contributed by atoms with van der Waals surface area (Å²) in [6.45, 7) is 2.54. The van der Waals surface area contributed by atoms with Crippen molar-refractivity contribution < 1.29 is 9.21 Å². The maximum absolute atomic E-state index is 11.7. The molecule has 0 bridgehead atoms. The summed E-state index contributed by atoms with van der Waals surface area (Å²) < 4.78 is 5.12. The van der Waals surface area contributed by atoms with Gasteiger partial charge in [0.1, 0.15) is 6.26 Å². The van der Waals surface area contributed by atoms with E-state index in [9.17, 15) is 4.79 Å². The van der Waals surface area contributed by atoms with Gasteiger partial charge in [0, 0.05) is 17.7 Å². The molecule has 0 atom stereocenters. The van der Waals surface area contributed by atoms with E-state index in [1.807, 2.05) is 31.2 Å². The molecule has 1 heterocycles. The maximum Gasteiger partial charge on any atom is 0.213 e. The first-order valence-corrected chi connectivity index (χ1v) is 6.05. The number of aromatic nitrogens is 1. The Morgan fingerprint density at radius 1 is 1.33 bits per heavy atom. The summed E-state index contributed by atoms with van der Waals surface area (Å²) >= 11 is 0. The minimum absolute atomic E-state index is 0.191. The number of anilines is 1. The topological polar surface area (TPSA) is 55.1 Å². The summed E-state index contributed by atoms with van der Waals surface area (Å²) in [6.07, 6.45) is 4.64. The molecule has 0 aliphatic heterocycles. The Labute approximate surface area is 106 Å². The van der Waals surface area contributed by atoms with Gasteiger partial charge in [-0.05, 0) is 30.7 Å². The van der Waals surface area contributed by atoms with Crippen LogP contribution in [-0.2, 0) is 6.54 Å². The lowest BCUT2D eigenvalue weighted by molar-refractivity contribution is 0.0982. The van der Waals surface area contributed by atoms with Gasteiger partial charge in [0.2, 0.25) is 5.89 Å². The molecule has 2 aromatic rings. The van der Waals surface area contributed by atoms with E-state index in [2.05, 4.69) is 10.3 Å². The zero-order valence-electron chi connectivity index (χ0n) is 10.3. The highest BCUT2D eigenvalue weighted by Crippen LogP contribution is 2.12. The highest BCUT2D eigenvalue weighted by molar-refractivity contribution is 5.96. The third-order valence-corrected chi connectivity index (χ3v) is 2.61. The van der Waals surface area contributed by atoms with Crippen molar-refractivity contribution in [2.75, 3.05) is 5.32 Å². The number of Topliss-reactive ketones (excluding diaryl/α,β-unsaturated/α-hetero) is 1. The van der Waals surface area contributed by atoms with Crippen LogP contribution in [0.3, 0.4) is 0 Å². The number of nitrogens with zero attached hydrogens (tertiary/aromatic N) is 1. The van der Waals surface area contributed by atoms with E-state index >= 15 is 0 Å². The molecule has 0 saturated carbocycles. The summed E-state index contributed by atoms with van der Waals surface area (Å²) in [5.74, 6) is 0.831. The van der Waals surface area contributed by atoms with Gasteiger partial charge in [0.25, 0.3) is 0 Å². The second-order valence-electron chi connectivity index (χ2n) is 4.03. The van der Waals surface area contributed by atoms with Crippen molar-refractivity contribution in [1.82, 2.24) is 4.98 Å². The summed E-state index contributed by atoms with van der Waals surface area (Å²) in [6, 6.07) is 7.48. The molecule has 0 unspecified atom stereocenters. The number of hydrogen-bond acceptors (Lipinski definition) is 4. The Morgan fingerprint density at radius 3 is 2.72 bits per heavy atom. The fourth-order valence-electron chi connectivity index (χ4n) is 1.66. The molecule has 1 aromatic heterocycles. The van der Waals surface area contributed by atoms with Crippen LogP contribution in [0.25, 0.3) is 0 Å². The fourth-order valence-corrected chi connectivity index (χ4v) is 1.66. The van der Waals surface area contributed by atoms with Crippen LogP contribution >= 0.6 is 0 Å². The maximum atomic E-state index is 11.7. The van der Waals surface area contributed by atoms with E-state index in [-0.39, 0.29) is 5.78 Å². The molecule has 0 aliphatic rings. The van der Waals surface area contributed by atoms with Crippen LogP contribution in [0.4, 0.5) is 5.69 Å². The van der Waals surface area contributed by atoms with Gasteiger partial charge in [-0.2, -0.15) is 0 Å². The van der Waals surface area contributed by atoms with E-state index in [1.54, 1.807) is 12.5 Å². The van der Waals surface area contributed by atoms with Crippen LogP contribution in [0.1, 0.15) is 36.0 Å². The minimum Gasteiger partial charge on any atom is -0.447 e. The van der Waals surface area contributed by atoms with E-state index in [4.69, 9.17) is 4.42 Å². The molecule has 1 N–H and O–H groups in total. The van der Waals surface area contributed by atoms with Crippen LogP contribution in [-0.4, -0.2) is 10.8 Å². The molecule has 4 nitrogen and oxygen atoms in total. The zero-order chi connectivity index (χ0) is 12.8. The van der Waals surface area contributed by atoms with Gasteiger partial charge in [-0.3, -0.25) is 4.79 Å². The quantitative estimate of drug-likeness (QED) is 0.792. The number of rotatable bonds is 6. The lowest BCUT2D eigenvalue weighted by Crippen LogP contribution is -2.01. The van der Waals surface area contributed by atoms with Crippen molar-refractivity contribution in [1.29, 1.82) is 0 Å². The number of carbonyl (C=O) groups excluding carboxylic acids is 1. The third kappa shape index (κ3) is 3.20. The van der Waals surface area contributed by atoms with Crippen molar-refractivity contribution in [3.05, 3.63) is 48.2 Å². The number of hydrogen-bond donors (Lipinski definition) is 1. The van der Waals surface area contributed by atoms with Crippen LogP contribution in [0.2, 0.25) is 0 Å². The second-order valence-corrected chi connectivity index (χ2v) is 4.03. The number of carbonyl (C=O) groups is 1. The number of oxazole rings is 1. The van der Waals surface area contributed by atoms with E-state index in [1.165, 1.54) is 0 Å². The Hall–Kier alpha value is -2.10. The number of ketones is 1. The Bertz CT molecular complexity index is 489. The van der Waals surface area contributed by atoms with Gasteiger partial charge in [-0.15, -0.1) is 0 Å². The molecule has 94 valence electrons. The predicted octanol–water partition coefficient (Wildman–Crippen LogP) is 3.27. The van der Waals surface area contributed by atoms with Crippen molar-refractivity contribution in [3.8, 4) is 0 Å².